The van der Waals surface area contributed by atoms with E-state index in [2.05, 4.69) is 4.74 Å². The summed E-state index contributed by atoms with van der Waals surface area (Å²) in [7, 11) is 0. The summed E-state index contributed by atoms with van der Waals surface area (Å²) < 4.78 is 4.42. The molecule has 0 amide bonds. The molecule has 0 radical (unpaired) electrons. The van der Waals surface area contributed by atoms with E-state index in [4.69, 9.17) is 5.11 Å². The van der Waals surface area contributed by atoms with Crippen molar-refractivity contribution in [2.45, 2.75) is 6.10 Å². The SMILES string of the molecule is O=COC[C@@H](O)[C@@H]1[C@H](C(=O)O)[C@H]1C(=O)c1ccccc1. The zero-order valence-corrected chi connectivity index (χ0v) is 10.5. The van der Waals surface area contributed by atoms with E-state index in [1.807, 2.05) is 0 Å². The Morgan fingerprint density at radius 3 is 2.45 bits per heavy atom. The zero-order valence-electron chi connectivity index (χ0n) is 10.5. The van der Waals surface area contributed by atoms with Crippen LogP contribution >= 0.6 is 0 Å². The number of ketones is 1. The molecule has 1 fully saturated rings. The molecule has 1 aromatic rings. The van der Waals surface area contributed by atoms with Gasteiger partial charge in [-0.1, -0.05) is 30.3 Å². The molecule has 1 aromatic carbocycles. The minimum Gasteiger partial charge on any atom is -0.481 e. The number of benzene rings is 1. The second-order valence-electron chi connectivity index (χ2n) is 4.69. The summed E-state index contributed by atoms with van der Waals surface area (Å²) in [5, 5.41) is 18.9. The van der Waals surface area contributed by atoms with Crippen LogP contribution in [0.5, 0.6) is 0 Å². The van der Waals surface area contributed by atoms with Gasteiger partial charge in [0.2, 0.25) is 0 Å². The highest BCUT2D eigenvalue weighted by atomic mass is 16.5. The van der Waals surface area contributed by atoms with E-state index in [0.29, 0.717) is 5.56 Å². The van der Waals surface area contributed by atoms with E-state index in [9.17, 15) is 19.5 Å². The number of carbonyl (C=O) groups is 3. The molecule has 0 spiro atoms. The fourth-order valence-corrected chi connectivity index (χ4v) is 2.51. The summed E-state index contributed by atoms with van der Waals surface area (Å²) >= 11 is 0. The summed E-state index contributed by atoms with van der Waals surface area (Å²) in [4.78, 5) is 33.4. The molecule has 1 aliphatic rings. The maximum atomic E-state index is 12.2. The molecular formula is C14H14O6. The molecule has 2 rings (SSSR count). The summed E-state index contributed by atoms with van der Waals surface area (Å²) in [6.07, 6.45) is -1.15. The highest BCUT2D eigenvalue weighted by Crippen LogP contribution is 2.50. The van der Waals surface area contributed by atoms with Gasteiger partial charge >= 0.3 is 5.97 Å². The molecule has 0 heterocycles. The van der Waals surface area contributed by atoms with Gasteiger partial charge in [0.15, 0.2) is 5.78 Å². The normalized spacial score (nSPS) is 25.6. The number of rotatable bonds is 7. The number of ether oxygens (including phenoxy) is 1. The van der Waals surface area contributed by atoms with Gasteiger partial charge in [-0.05, 0) is 0 Å². The van der Waals surface area contributed by atoms with E-state index in [0.717, 1.165) is 0 Å². The molecular weight excluding hydrogens is 264 g/mol. The summed E-state index contributed by atoms with van der Waals surface area (Å²) in [5.74, 6) is -3.88. The van der Waals surface area contributed by atoms with Crippen molar-refractivity contribution in [3.63, 3.8) is 0 Å². The first-order valence-electron chi connectivity index (χ1n) is 6.13. The number of aliphatic carboxylic acids is 1. The van der Waals surface area contributed by atoms with Gasteiger partial charge in [0.1, 0.15) is 6.61 Å². The second-order valence-corrected chi connectivity index (χ2v) is 4.69. The van der Waals surface area contributed by atoms with Crippen molar-refractivity contribution >= 4 is 18.2 Å². The lowest BCUT2D eigenvalue weighted by molar-refractivity contribution is -0.139. The molecule has 1 aliphatic carbocycles. The molecule has 20 heavy (non-hydrogen) atoms. The van der Waals surface area contributed by atoms with Gasteiger partial charge in [0, 0.05) is 17.4 Å². The Morgan fingerprint density at radius 1 is 1.25 bits per heavy atom. The Morgan fingerprint density at radius 2 is 1.90 bits per heavy atom. The predicted octanol–water partition coefficient (Wildman–Crippen LogP) is 0.350. The highest BCUT2D eigenvalue weighted by Gasteiger charge is 2.62. The average molecular weight is 278 g/mol. The first kappa shape index (κ1) is 14.2. The fourth-order valence-electron chi connectivity index (χ4n) is 2.51. The molecule has 0 unspecified atom stereocenters. The quantitative estimate of drug-likeness (QED) is 0.551. The van der Waals surface area contributed by atoms with Crippen molar-refractivity contribution in [2.75, 3.05) is 6.61 Å². The Bertz CT molecular complexity index is 512. The van der Waals surface area contributed by atoms with Crippen LogP contribution < -0.4 is 0 Å². The Labute approximate surface area is 115 Å². The molecule has 106 valence electrons. The van der Waals surface area contributed by atoms with Gasteiger partial charge < -0.3 is 14.9 Å². The van der Waals surface area contributed by atoms with Crippen molar-refractivity contribution in [2.24, 2.45) is 17.8 Å². The Balaban J connectivity index is 2.12. The van der Waals surface area contributed by atoms with Crippen molar-refractivity contribution < 1.29 is 29.3 Å². The predicted molar refractivity (Wildman–Crippen MR) is 66.9 cm³/mol. The maximum Gasteiger partial charge on any atom is 0.307 e. The number of carbonyl (C=O) groups excluding carboxylic acids is 2. The number of carboxylic acids is 1. The molecule has 1 saturated carbocycles. The van der Waals surface area contributed by atoms with Crippen LogP contribution in [-0.4, -0.2) is 41.1 Å². The number of carboxylic acid groups (broad SMARTS) is 1. The molecule has 0 saturated heterocycles. The zero-order chi connectivity index (χ0) is 14.7. The van der Waals surface area contributed by atoms with Gasteiger partial charge in [0.25, 0.3) is 6.47 Å². The maximum absolute atomic E-state index is 12.2. The van der Waals surface area contributed by atoms with E-state index in [-0.39, 0.29) is 18.9 Å². The largest absolute Gasteiger partial charge is 0.481 e. The third kappa shape index (κ3) is 2.70. The molecule has 0 aromatic heterocycles. The number of hydrogen-bond donors (Lipinski definition) is 2. The number of aliphatic hydroxyl groups is 1. The van der Waals surface area contributed by atoms with Gasteiger partial charge in [-0.25, -0.2) is 0 Å². The van der Waals surface area contributed by atoms with E-state index < -0.39 is 29.8 Å². The van der Waals surface area contributed by atoms with E-state index in [1.165, 1.54) is 0 Å². The summed E-state index contributed by atoms with van der Waals surface area (Å²) in [6, 6.07) is 8.33. The van der Waals surface area contributed by atoms with Crippen molar-refractivity contribution in [1.82, 2.24) is 0 Å². The van der Waals surface area contributed by atoms with Crippen LogP contribution in [0.25, 0.3) is 0 Å². The van der Waals surface area contributed by atoms with Crippen LogP contribution in [0.2, 0.25) is 0 Å². The van der Waals surface area contributed by atoms with Crippen molar-refractivity contribution in [1.29, 1.82) is 0 Å². The fraction of sp³-hybridized carbons (Fsp3) is 0.357. The smallest absolute Gasteiger partial charge is 0.307 e. The molecule has 0 bridgehead atoms. The van der Waals surface area contributed by atoms with Gasteiger partial charge in [-0.2, -0.15) is 0 Å². The monoisotopic (exact) mass is 278 g/mol. The molecule has 6 nitrogen and oxygen atoms in total. The third-order valence-corrected chi connectivity index (χ3v) is 3.50. The van der Waals surface area contributed by atoms with Crippen LogP contribution in [0.15, 0.2) is 30.3 Å². The first-order chi connectivity index (χ1) is 9.57. The van der Waals surface area contributed by atoms with E-state index >= 15 is 0 Å². The lowest BCUT2D eigenvalue weighted by Crippen LogP contribution is -2.21. The van der Waals surface area contributed by atoms with Crippen molar-refractivity contribution in [3.8, 4) is 0 Å². The topological polar surface area (TPSA) is 101 Å². The van der Waals surface area contributed by atoms with Gasteiger partial charge in [0.05, 0.1) is 12.0 Å². The summed E-state index contributed by atoms with van der Waals surface area (Å²) in [5.41, 5.74) is 0.412. The molecule has 4 atom stereocenters. The van der Waals surface area contributed by atoms with Crippen LogP contribution in [0.3, 0.4) is 0 Å². The van der Waals surface area contributed by atoms with Gasteiger partial charge in [-0.15, -0.1) is 0 Å². The lowest BCUT2D eigenvalue weighted by Gasteiger charge is -2.08. The lowest BCUT2D eigenvalue weighted by atomic mass is 10.0. The van der Waals surface area contributed by atoms with Crippen LogP contribution in [-0.2, 0) is 14.3 Å². The molecule has 6 heteroatoms. The van der Waals surface area contributed by atoms with Crippen LogP contribution in [0, 0.1) is 17.8 Å². The van der Waals surface area contributed by atoms with E-state index in [1.54, 1.807) is 30.3 Å². The summed E-state index contributed by atoms with van der Waals surface area (Å²) in [6.45, 7) is -0.133. The van der Waals surface area contributed by atoms with Crippen LogP contribution in [0.1, 0.15) is 10.4 Å². The Hall–Kier alpha value is -2.21. The second kappa shape index (κ2) is 5.83. The average Bonchev–Trinajstić information content (AvgIpc) is 3.20. The first-order valence-corrected chi connectivity index (χ1v) is 6.13. The van der Waals surface area contributed by atoms with Gasteiger partial charge in [-0.3, -0.25) is 14.4 Å². The number of hydrogen-bond acceptors (Lipinski definition) is 5. The minimum absolute atomic E-state index is 0.176. The minimum atomic E-state index is -1.15. The molecule has 2 N–H and O–H groups in total. The molecule has 0 aliphatic heterocycles. The standard InChI is InChI=1S/C14H14O6/c15-7-20-6-9(16)10-11(12(10)14(18)19)13(17)8-4-2-1-3-5-8/h1-5,7,9-12,16H,6H2,(H,18,19)/t9-,10+,11+,12+/m1/s1. The third-order valence-electron chi connectivity index (χ3n) is 3.50. The van der Waals surface area contributed by atoms with Crippen LogP contribution in [0.4, 0.5) is 0 Å². The highest BCUT2D eigenvalue weighted by molar-refractivity contribution is 6.03. The Kier molecular flexibility index (Phi) is 4.14. The number of Topliss-reactive ketones (excluding diaryl/α,β-unsaturated/α-hetero) is 1. The number of aliphatic hydroxyl groups excluding tert-OH is 1. The van der Waals surface area contributed by atoms with Crippen molar-refractivity contribution in [3.05, 3.63) is 35.9 Å².